The maximum atomic E-state index is 12.0. The fraction of sp³-hybridized carbons (Fsp3) is 0.421. The Bertz CT molecular complexity index is 571. The van der Waals surface area contributed by atoms with E-state index >= 15 is 0 Å². The number of rotatable bonds is 8. The number of carbonyl (C=O) groups is 1. The lowest BCUT2D eigenvalue weighted by molar-refractivity contribution is -0.116. The predicted octanol–water partition coefficient (Wildman–Crippen LogP) is 5.53. The van der Waals surface area contributed by atoms with E-state index in [1.165, 1.54) is 25.7 Å². The van der Waals surface area contributed by atoms with Gasteiger partial charge in [-0.25, -0.2) is 0 Å². The monoisotopic (exact) mass is 283 g/mol. The van der Waals surface area contributed by atoms with Gasteiger partial charge in [-0.05, 0) is 17.9 Å². The molecular weight excluding hydrogens is 258 g/mol. The van der Waals surface area contributed by atoms with Crippen LogP contribution in [0, 0.1) is 0 Å². The molecule has 1 amide bonds. The predicted molar refractivity (Wildman–Crippen MR) is 90.6 cm³/mol. The molecule has 0 aromatic heterocycles. The van der Waals surface area contributed by atoms with Crippen molar-refractivity contribution in [3.63, 3.8) is 0 Å². The van der Waals surface area contributed by atoms with Crippen LogP contribution in [0.2, 0.25) is 0 Å². The minimum absolute atomic E-state index is 0.127. The second kappa shape index (κ2) is 8.46. The van der Waals surface area contributed by atoms with Gasteiger partial charge in [-0.15, -0.1) is 0 Å². The number of amides is 1. The Kier molecular flexibility index (Phi) is 6.26. The van der Waals surface area contributed by atoms with Crippen molar-refractivity contribution in [3.8, 4) is 0 Å². The first-order chi connectivity index (χ1) is 10.3. The van der Waals surface area contributed by atoms with Gasteiger partial charge in [0.25, 0.3) is 0 Å². The van der Waals surface area contributed by atoms with E-state index in [0.717, 1.165) is 29.3 Å². The highest BCUT2D eigenvalue weighted by Crippen LogP contribution is 2.23. The maximum absolute atomic E-state index is 12.0. The molecule has 0 unspecified atom stereocenters. The van der Waals surface area contributed by atoms with Crippen LogP contribution in [0.15, 0.2) is 42.5 Å². The van der Waals surface area contributed by atoms with Crippen LogP contribution in [-0.2, 0) is 4.79 Å². The number of unbranched alkanes of at least 4 members (excludes halogenated alkanes) is 5. The Balaban J connectivity index is 1.82. The first kappa shape index (κ1) is 15.6. The standard InChI is InChI=1S/C19H25NO/c1-2-3-4-5-6-7-15-19(21)20-18-14-10-12-16-11-8-9-13-17(16)18/h8-14H,2-7,15H2,1H3,(H,20,21). The molecule has 0 saturated heterocycles. The van der Waals surface area contributed by atoms with Crippen molar-refractivity contribution >= 4 is 22.4 Å². The third-order valence-corrected chi connectivity index (χ3v) is 3.82. The Hall–Kier alpha value is -1.83. The van der Waals surface area contributed by atoms with Gasteiger partial charge in [0, 0.05) is 17.5 Å². The molecule has 0 saturated carbocycles. The zero-order valence-electron chi connectivity index (χ0n) is 12.9. The summed E-state index contributed by atoms with van der Waals surface area (Å²) in [5, 5.41) is 5.32. The maximum Gasteiger partial charge on any atom is 0.224 e. The highest BCUT2D eigenvalue weighted by Gasteiger charge is 2.05. The van der Waals surface area contributed by atoms with E-state index in [0.29, 0.717) is 6.42 Å². The van der Waals surface area contributed by atoms with Crippen LogP contribution < -0.4 is 5.32 Å². The number of fused-ring (bicyclic) bond motifs is 1. The van der Waals surface area contributed by atoms with Crippen molar-refractivity contribution in [1.82, 2.24) is 0 Å². The van der Waals surface area contributed by atoms with Gasteiger partial charge < -0.3 is 5.32 Å². The van der Waals surface area contributed by atoms with E-state index in [1.807, 2.05) is 24.3 Å². The van der Waals surface area contributed by atoms with Crippen LogP contribution in [0.25, 0.3) is 10.8 Å². The summed E-state index contributed by atoms with van der Waals surface area (Å²) < 4.78 is 0. The summed E-state index contributed by atoms with van der Waals surface area (Å²) in [4.78, 5) is 12.0. The van der Waals surface area contributed by atoms with E-state index in [9.17, 15) is 4.79 Å². The molecule has 0 aliphatic rings. The summed E-state index contributed by atoms with van der Waals surface area (Å²) in [5.41, 5.74) is 0.920. The summed E-state index contributed by atoms with van der Waals surface area (Å²) in [6.45, 7) is 2.22. The first-order valence-electron chi connectivity index (χ1n) is 8.09. The second-order valence-corrected chi connectivity index (χ2v) is 5.59. The molecule has 2 aromatic rings. The Morgan fingerprint density at radius 3 is 2.48 bits per heavy atom. The molecule has 2 rings (SSSR count). The number of hydrogen-bond acceptors (Lipinski definition) is 1. The molecule has 2 aromatic carbocycles. The zero-order chi connectivity index (χ0) is 14.9. The number of carbonyl (C=O) groups excluding carboxylic acids is 1. The van der Waals surface area contributed by atoms with Crippen molar-refractivity contribution in [1.29, 1.82) is 0 Å². The summed E-state index contributed by atoms with van der Waals surface area (Å²) in [6.07, 6.45) is 7.87. The molecule has 2 nitrogen and oxygen atoms in total. The molecule has 0 spiro atoms. The van der Waals surface area contributed by atoms with E-state index < -0.39 is 0 Å². The van der Waals surface area contributed by atoms with Crippen molar-refractivity contribution in [2.75, 3.05) is 5.32 Å². The lowest BCUT2D eigenvalue weighted by atomic mass is 10.1. The smallest absolute Gasteiger partial charge is 0.224 e. The number of nitrogens with one attached hydrogen (secondary N) is 1. The summed E-state index contributed by atoms with van der Waals surface area (Å²) in [5.74, 6) is 0.127. The molecule has 0 fully saturated rings. The van der Waals surface area contributed by atoms with Gasteiger partial charge in [0.05, 0.1) is 0 Å². The Labute approximate surface area is 127 Å². The Morgan fingerprint density at radius 1 is 0.905 bits per heavy atom. The van der Waals surface area contributed by atoms with Gasteiger partial charge in [-0.1, -0.05) is 75.4 Å². The van der Waals surface area contributed by atoms with Crippen molar-refractivity contribution < 1.29 is 4.79 Å². The SMILES string of the molecule is CCCCCCCCC(=O)Nc1cccc2ccccc12. The average molecular weight is 283 g/mol. The molecule has 0 radical (unpaired) electrons. The van der Waals surface area contributed by atoms with Crippen molar-refractivity contribution in [2.45, 2.75) is 51.9 Å². The molecule has 0 aliphatic heterocycles. The van der Waals surface area contributed by atoms with Gasteiger partial charge >= 0.3 is 0 Å². The van der Waals surface area contributed by atoms with E-state index in [4.69, 9.17) is 0 Å². The lowest BCUT2D eigenvalue weighted by Gasteiger charge is -2.08. The van der Waals surface area contributed by atoms with Gasteiger partial charge in [0.1, 0.15) is 0 Å². The Morgan fingerprint density at radius 2 is 1.62 bits per heavy atom. The van der Waals surface area contributed by atoms with Gasteiger partial charge in [-0.3, -0.25) is 4.79 Å². The highest BCUT2D eigenvalue weighted by atomic mass is 16.1. The van der Waals surface area contributed by atoms with Crippen LogP contribution in [0.1, 0.15) is 51.9 Å². The fourth-order valence-electron chi connectivity index (χ4n) is 2.61. The molecule has 2 heteroatoms. The second-order valence-electron chi connectivity index (χ2n) is 5.59. The molecular formula is C19H25NO. The molecule has 0 bridgehead atoms. The van der Waals surface area contributed by atoms with Crippen LogP contribution >= 0.6 is 0 Å². The fourth-order valence-corrected chi connectivity index (χ4v) is 2.61. The normalized spacial score (nSPS) is 10.7. The largest absolute Gasteiger partial charge is 0.326 e. The number of anilines is 1. The minimum atomic E-state index is 0.127. The molecule has 0 heterocycles. The highest BCUT2D eigenvalue weighted by molar-refractivity contribution is 6.02. The van der Waals surface area contributed by atoms with Crippen molar-refractivity contribution in [2.24, 2.45) is 0 Å². The van der Waals surface area contributed by atoms with E-state index in [2.05, 4.69) is 30.4 Å². The summed E-state index contributed by atoms with van der Waals surface area (Å²) in [6, 6.07) is 14.2. The topological polar surface area (TPSA) is 29.1 Å². The van der Waals surface area contributed by atoms with Crippen LogP contribution in [0.3, 0.4) is 0 Å². The zero-order valence-corrected chi connectivity index (χ0v) is 12.9. The third-order valence-electron chi connectivity index (χ3n) is 3.82. The van der Waals surface area contributed by atoms with Gasteiger partial charge in [0.2, 0.25) is 5.91 Å². The molecule has 21 heavy (non-hydrogen) atoms. The van der Waals surface area contributed by atoms with Crippen LogP contribution in [0.5, 0.6) is 0 Å². The number of hydrogen-bond donors (Lipinski definition) is 1. The molecule has 0 aliphatic carbocycles. The number of benzene rings is 2. The van der Waals surface area contributed by atoms with E-state index in [-0.39, 0.29) is 5.91 Å². The molecule has 0 atom stereocenters. The van der Waals surface area contributed by atoms with Crippen molar-refractivity contribution in [3.05, 3.63) is 42.5 Å². The van der Waals surface area contributed by atoms with Gasteiger partial charge in [-0.2, -0.15) is 0 Å². The lowest BCUT2D eigenvalue weighted by Crippen LogP contribution is -2.11. The quantitative estimate of drug-likeness (QED) is 0.634. The molecule has 112 valence electrons. The van der Waals surface area contributed by atoms with Gasteiger partial charge in [0.15, 0.2) is 0 Å². The summed E-state index contributed by atoms with van der Waals surface area (Å²) >= 11 is 0. The van der Waals surface area contributed by atoms with E-state index in [1.54, 1.807) is 0 Å². The minimum Gasteiger partial charge on any atom is -0.326 e. The third kappa shape index (κ3) is 4.89. The summed E-state index contributed by atoms with van der Waals surface area (Å²) in [7, 11) is 0. The van der Waals surface area contributed by atoms with Crippen LogP contribution in [0.4, 0.5) is 5.69 Å². The average Bonchev–Trinajstić information content (AvgIpc) is 2.51. The molecule has 1 N–H and O–H groups in total. The first-order valence-corrected chi connectivity index (χ1v) is 8.09. The van der Waals surface area contributed by atoms with Crippen LogP contribution in [-0.4, -0.2) is 5.91 Å².